The van der Waals surface area contributed by atoms with Crippen molar-refractivity contribution in [3.63, 3.8) is 0 Å². The lowest BCUT2D eigenvalue weighted by Gasteiger charge is -2.04. The van der Waals surface area contributed by atoms with Gasteiger partial charge >= 0.3 is 11.9 Å². The first-order valence-corrected chi connectivity index (χ1v) is 6.38. The number of esters is 1. The Morgan fingerprint density at radius 2 is 2.14 bits per heavy atom. The maximum atomic E-state index is 11.8. The number of nitrogens with two attached hydrogens (primary N) is 1. The van der Waals surface area contributed by atoms with Gasteiger partial charge in [-0.3, -0.25) is 0 Å². The molecule has 1 aromatic heterocycles. The quantitative estimate of drug-likeness (QED) is 0.823. The van der Waals surface area contributed by atoms with Crippen molar-refractivity contribution >= 4 is 41.6 Å². The molecule has 0 unspecified atom stereocenters. The highest BCUT2D eigenvalue weighted by Gasteiger charge is 2.26. The second-order valence-electron chi connectivity index (χ2n) is 4.03. The predicted molar refractivity (Wildman–Crippen MR) is 83.2 cm³/mol. The van der Waals surface area contributed by atoms with E-state index in [0.717, 1.165) is 4.68 Å². The summed E-state index contributed by atoms with van der Waals surface area (Å²) in [6.45, 7) is 1.75. The lowest BCUT2D eigenvalue weighted by Crippen LogP contribution is -2.09. The molecule has 3 N–H and O–H groups in total. The zero-order chi connectivity index (χ0) is 15.6. The van der Waals surface area contributed by atoms with Gasteiger partial charge in [0.2, 0.25) is 0 Å². The molecule has 0 spiro atoms. The van der Waals surface area contributed by atoms with Crippen LogP contribution in [0.25, 0.3) is 5.69 Å². The number of carboxylic acids is 1. The zero-order valence-electron chi connectivity index (χ0n) is 11.4. The van der Waals surface area contributed by atoms with Gasteiger partial charge in [0.25, 0.3) is 0 Å². The third kappa shape index (κ3) is 3.32. The first-order chi connectivity index (χ1) is 9.95. The van der Waals surface area contributed by atoms with E-state index in [4.69, 9.17) is 22.1 Å². The molecule has 118 valence electrons. The minimum Gasteiger partial charge on any atom is -0.476 e. The molecular formula is C13H13Cl2N3O4. The number of carbonyl (C=O) groups is 2. The Hall–Kier alpha value is -2.25. The Balaban J connectivity index is 0.00000242. The van der Waals surface area contributed by atoms with Gasteiger partial charge in [-0.1, -0.05) is 17.7 Å². The Morgan fingerprint density at radius 3 is 2.68 bits per heavy atom. The van der Waals surface area contributed by atoms with Gasteiger partial charge < -0.3 is 15.6 Å². The zero-order valence-corrected chi connectivity index (χ0v) is 13.0. The molecule has 2 aromatic rings. The van der Waals surface area contributed by atoms with Crippen molar-refractivity contribution in [3.8, 4) is 5.69 Å². The molecule has 0 aliphatic heterocycles. The molecule has 0 radical (unpaired) electrons. The number of aromatic carboxylic acids is 1. The summed E-state index contributed by atoms with van der Waals surface area (Å²) in [7, 11) is 0. The monoisotopic (exact) mass is 345 g/mol. The molecule has 0 atom stereocenters. The van der Waals surface area contributed by atoms with Crippen molar-refractivity contribution in [3.05, 3.63) is 40.7 Å². The van der Waals surface area contributed by atoms with Crippen LogP contribution >= 0.6 is 24.0 Å². The summed E-state index contributed by atoms with van der Waals surface area (Å²) >= 11 is 5.87. The summed E-state index contributed by atoms with van der Waals surface area (Å²) in [6.07, 6.45) is 0. The number of aromatic nitrogens is 2. The van der Waals surface area contributed by atoms with Gasteiger partial charge in [-0.25, -0.2) is 14.3 Å². The van der Waals surface area contributed by atoms with E-state index in [-0.39, 0.29) is 36.1 Å². The van der Waals surface area contributed by atoms with E-state index in [1.165, 1.54) is 6.07 Å². The van der Waals surface area contributed by atoms with Crippen LogP contribution in [-0.2, 0) is 4.74 Å². The fraction of sp³-hybridized carbons (Fsp3) is 0.154. The van der Waals surface area contributed by atoms with E-state index in [0.29, 0.717) is 10.7 Å². The third-order valence-electron chi connectivity index (χ3n) is 2.65. The largest absolute Gasteiger partial charge is 0.476 e. The van der Waals surface area contributed by atoms with E-state index < -0.39 is 11.9 Å². The molecule has 0 saturated carbocycles. The first kappa shape index (κ1) is 17.8. The van der Waals surface area contributed by atoms with Crippen molar-refractivity contribution in [2.24, 2.45) is 0 Å². The minimum absolute atomic E-state index is 0. The molecule has 0 bridgehead atoms. The number of benzene rings is 1. The Labute approximate surface area is 137 Å². The molecule has 7 nitrogen and oxygen atoms in total. The van der Waals surface area contributed by atoms with Gasteiger partial charge in [-0.2, -0.15) is 5.10 Å². The van der Waals surface area contributed by atoms with E-state index in [9.17, 15) is 14.7 Å². The molecular weight excluding hydrogens is 333 g/mol. The number of halogens is 2. The predicted octanol–water partition coefficient (Wildman–Crippen LogP) is 2.40. The highest BCUT2D eigenvalue weighted by atomic mass is 35.5. The molecule has 2 rings (SSSR count). The average molecular weight is 346 g/mol. The Bertz CT molecular complexity index is 715. The first-order valence-electron chi connectivity index (χ1n) is 6.00. The Morgan fingerprint density at radius 1 is 1.45 bits per heavy atom. The standard InChI is InChI=1S/C13H12ClN3O4.ClH/c1-2-21-13(20)10-9(15)11(12(18)19)17(16-10)8-5-3-4-7(14)6-8;/h3-6H,2,15H2,1H3,(H,18,19);1H. The van der Waals surface area contributed by atoms with Gasteiger partial charge in [0.15, 0.2) is 11.4 Å². The molecule has 1 aromatic carbocycles. The van der Waals surface area contributed by atoms with Crippen LogP contribution in [0.4, 0.5) is 5.69 Å². The van der Waals surface area contributed by atoms with Crippen LogP contribution in [0.15, 0.2) is 24.3 Å². The van der Waals surface area contributed by atoms with Crippen LogP contribution in [0.5, 0.6) is 0 Å². The molecule has 0 aliphatic rings. The van der Waals surface area contributed by atoms with Crippen LogP contribution in [0.3, 0.4) is 0 Å². The van der Waals surface area contributed by atoms with Crippen molar-refractivity contribution < 1.29 is 19.4 Å². The minimum atomic E-state index is -1.31. The van der Waals surface area contributed by atoms with Crippen LogP contribution < -0.4 is 5.73 Å². The van der Waals surface area contributed by atoms with Gasteiger partial charge in [0.1, 0.15) is 5.69 Å². The van der Waals surface area contributed by atoms with Crippen LogP contribution in [0.1, 0.15) is 27.9 Å². The number of nitrogens with zero attached hydrogens (tertiary/aromatic N) is 2. The fourth-order valence-corrected chi connectivity index (χ4v) is 1.97. The van der Waals surface area contributed by atoms with E-state index in [1.54, 1.807) is 25.1 Å². The maximum Gasteiger partial charge on any atom is 0.361 e. The molecule has 22 heavy (non-hydrogen) atoms. The fourth-order valence-electron chi connectivity index (χ4n) is 1.78. The summed E-state index contributed by atoms with van der Waals surface area (Å²) in [5.74, 6) is -2.09. The smallest absolute Gasteiger partial charge is 0.361 e. The molecule has 0 amide bonds. The van der Waals surface area contributed by atoms with E-state index in [1.807, 2.05) is 0 Å². The average Bonchev–Trinajstić information content (AvgIpc) is 2.77. The summed E-state index contributed by atoms with van der Waals surface area (Å²) in [4.78, 5) is 23.1. The second-order valence-corrected chi connectivity index (χ2v) is 4.46. The van der Waals surface area contributed by atoms with Crippen LogP contribution in [0.2, 0.25) is 5.02 Å². The maximum absolute atomic E-state index is 11.8. The lowest BCUT2D eigenvalue weighted by molar-refractivity contribution is 0.0519. The summed E-state index contributed by atoms with van der Waals surface area (Å²) < 4.78 is 5.85. The van der Waals surface area contributed by atoms with Gasteiger partial charge in [-0.05, 0) is 25.1 Å². The Kier molecular flexibility index (Phi) is 5.78. The number of nitrogen functional groups attached to an aromatic ring is 1. The third-order valence-corrected chi connectivity index (χ3v) is 2.88. The topological polar surface area (TPSA) is 107 Å². The normalized spacial score (nSPS) is 9.91. The second kappa shape index (κ2) is 7.15. The van der Waals surface area contributed by atoms with Gasteiger partial charge in [0, 0.05) is 5.02 Å². The molecule has 0 fully saturated rings. The number of carbonyl (C=O) groups excluding carboxylic acids is 1. The van der Waals surface area contributed by atoms with Crippen molar-refractivity contribution in [2.75, 3.05) is 12.3 Å². The van der Waals surface area contributed by atoms with Crippen molar-refractivity contribution in [1.29, 1.82) is 0 Å². The summed E-state index contributed by atoms with van der Waals surface area (Å²) in [6, 6.07) is 6.37. The van der Waals surface area contributed by atoms with E-state index in [2.05, 4.69) is 5.10 Å². The number of hydrogen-bond acceptors (Lipinski definition) is 5. The number of rotatable bonds is 4. The number of ether oxygens (including phenoxy) is 1. The lowest BCUT2D eigenvalue weighted by atomic mass is 10.2. The SMILES string of the molecule is CCOC(=O)c1nn(-c2cccc(Cl)c2)c(C(=O)O)c1N.Cl. The number of hydrogen-bond donors (Lipinski definition) is 2. The van der Waals surface area contributed by atoms with Crippen molar-refractivity contribution in [1.82, 2.24) is 9.78 Å². The van der Waals surface area contributed by atoms with E-state index >= 15 is 0 Å². The summed E-state index contributed by atoms with van der Waals surface area (Å²) in [5.41, 5.74) is 5.28. The number of carboxylic acid groups (broad SMARTS) is 1. The molecule has 1 heterocycles. The van der Waals surface area contributed by atoms with Gasteiger partial charge in [-0.15, -0.1) is 12.4 Å². The summed E-state index contributed by atoms with van der Waals surface area (Å²) in [5, 5.41) is 13.6. The molecule has 0 aliphatic carbocycles. The van der Waals surface area contributed by atoms with Gasteiger partial charge in [0.05, 0.1) is 12.3 Å². The highest BCUT2D eigenvalue weighted by Crippen LogP contribution is 2.23. The van der Waals surface area contributed by atoms with Crippen LogP contribution in [-0.4, -0.2) is 33.4 Å². The molecule has 0 saturated heterocycles. The van der Waals surface area contributed by atoms with Crippen LogP contribution in [0, 0.1) is 0 Å². The number of anilines is 1. The highest BCUT2D eigenvalue weighted by molar-refractivity contribution is 6.30. The van der Waals surface area contributed by atoms with Crippen molar-refractivity contribution in [2.45, 2.75) is 6.92 Å². The molecule has 9 heteroatoms.